The van der Waals surface area contributed by atoms with E-state index >= 15 is 0 Å². The van der Waals surface area contributed by atoms with Gasteiger partial charge in [0, 0.05) is 19.3 Å². The van der Waals surface area contributed by atoms with Crippen molar-refractivity contribution in [1.29, 1.82) is 0 Å². The van der Waals surface area contributed by atoms with E-state index < -0.39 is 6.10 Å². The lowest BCUT2D eigenvalue weighted by molar-refractivity contribution is -0.167. The summed E-state index contributed by atoms with van der Waals surface area (Å²) in [6.07, 6.45) is 91.0. The van der Waals surface area contributed by atoms with Gasteiger partial charge in [-0.3, -0.25) is 14.4 Å². The van der Waals surface area contributed by atoms with Gasteiger partial charge in [0.2, 0.25) is 0 Å². The van der Waals surface area contributed by atoms with Gasteiger partial charge in [-0.25, -0.2) is 0 Å². The molecule has 0 amide bonds. The van der Waals surface area contributed by atoms with Gasteiger partial charge in [-0.1, -0.05) is 278 Å². The maximum Gasteiger partial charge on any atom is 0.306 e. The van der Waals surface area contributed by atoms with Crippen molar-refractivity contribution in [3.63, 3.8) is 0 Å². The molecule has 0 saturated carbocycles. The van der Waals surface area contributed by atoms with Crippen LogP contribution in [0.15, 0.2) is 109 Å². The van der Waals surface area contributed by atoms with Crippen LogP contribution in [0.1, 0.15) is 316 Å². The Morgan fingerprint density at radius 1 is 0.266 bits per heavy atom. The number of unbranched alkanes of at least 4 members (excludes halogenated alkanes) is 31. The van der Waals surface area contributed by atoms with E-state index in [1.807, 2.05) is 0 Å². The predicted octanol–water partition coefficient (Wildman–Crippen LogP) is 23.0. The van der Waals surface area contributed by atoms with Crippen molar-refractivity contribution < 1.29 is 28.6 Å². The highest BCUT2D eigenvalue weighted by Gasteiger charge is 2.19. The molecular formula is C73H124O6. The Kier molecular flexibility index (Phi) is 63.3. The fourth-order valence-corrected chi connectivity index (χ4v) is 9.24. The van der Waals surface area contributed by atoms with Crippen LogP contribution in [-0.2, 0) is 28.6 Å². The number of esters is 3. The Balaban J connectivity index is 4.34. The quantitative estimate of drug-likeness (QED) is 0.0261. The average Bonchev–Trinajstić information content (AvgIpc) is 3.45. The lowest BCUT2D eigenvalue weighted by atomic mass is 10.0. The summed E-state index contributed by atoms with van der Waals surface area (Å²) in [4.78, 5) is 38.3. The van der Waals surface area contributed by atoms with E-state index in [1.165, 1.54) is 154 Å². The van der Waals surface area contributed by atoms with Crippen molar-refractivity contribution in [2.24, 2.45) is 0 Å². The summed E-state index contributed by atoms with van der Waals surface area (Å²) in [7, 11) is 0. The summed E-state index contributed by atoms with van der Waals surface area (Å²) in [5, 5.41) is 0. The minimum Gasteiger partial charge on any atom is -0.462 e. The summed E-state index contributed by atoms with van der Waals surface area (Å²) < 4.78 is 16.9. The third-order valence-corrected chi connectivity index (χ3v) is 14.2. The minimum absolute atomic E-state index is 0.0944. The molecular weight excluding hydrogens is 973 g/mol. The molecule has 1 atom stereocenters. The average molecular weight is 1100 g/mol. The summed E-state index contributed by atoms with van der Waals surface area (Å²) in [5.74, 6) is -0.932. The van der Waals surface area contributed by atoms with Gasteiger partial charge in [0.05, 0.1) is 0 Å². The number of carbonyl (C=O) groups excluding carboxylic acids is 3. The van der Waals surface area contributed by atoms with E-state index in [1.54, 1.807) is 0 Å². The Labute approximate surface area is 489 Å². The number of hydrogen-bond donors (Lipinski definition) is 0. The lowest BCUT2D eigenvalue weighted by Gasteiger charge is -2.18. The molecule has 0 aliphatic rings. The van der Waals surface area contributed by atoms with Gasteiger partial charge in [0.15, 0.2) is 6.10 Å². The van der Waals surface area contributed by atoms with E-state index in [9.17, 15) is 14.4 Å². The van der Waals surface area contributed by atoms with Gasteiger partial charge >= 0.3 is 17.9 Å². The predicted molar refractivity (Wildman–Crippen MR) is 343 cm³/mol. The van der Waals surface area contributed by atoms with Crippen molar-refractivity contribution in [3.8, 4) is 0 Å². The van der Waals surface area contributed by atoms with Gasteiger partial charge in [-0.15, -0.1) is 0 Å². The monoisotopic (exact) mass is 1100 g/mol. The van der Waals surface area contributed by atoms with Crippen LogP contribution in [0.25, 0.3) is 0 Å². The van der Waals surface area contributed by atoms with Gasteiger partial charge < -0.3 is 14.2 Å². The Morgan fingerprint density at radius 3 is 0.785 bits per heavy atom. The summed E-state index contributed by atoms with van der Waals surface area (Å²) in [6.45, 7) is 6.49. The Morgan fingerprint density at radius 2 is 0.494 bits per heavy atom. The normalized spacial score (nSPS) is 12.8. The molecule has 0 fully saturated rings. The van der Waals surface area contributed by atoms with E-state index in [0.717, 1.165) is 122 Å². The smallest absolute Gasteiger partial charge is 0.306 e. The Bertz CT molecular complexity index is 1590. The first-order valence-electron chi connectivity index (χ1n) is 33.4. The van der Waals surface area contributed by atoms with Crippen LogP contribution in [0.2, 0.25) is 0 Å². The van der Waals surface area contributed by atoms with Crippen molar-refractivity contribution >= 4 is 17.9 Å². The standard InChI is InChI=1S/C73H124O6/c1-4-7-10-13-16-19-22-25-27-29-31-33-34-35-36-37-38-40-41-43-45-48-51-54-57-60-63-66-72(75)78-69-70(68-77-71(74)65-62-59-56-53-50-47-24-21-18-15-12-9-6-3)79-73(76)67-64-61-58-55-52-49-46-44-42-39-32-30-28-26-23-20-17-14-11-8-5-2/h9,12,18,21-23,25-26,29-32,34-35,42,44,47,50,70H,4-8,10-11,13-17,19-20,24,27-28,33,36-41,43,45-46,48-49,51-69H2,1-3H3/b12-9-,21-18-,25-22-,26-23-,31-29-,32-30-,35-34-,44-42-,50-47-. The van der Waals surface area contributed by atoms with Gasteiger partial charge in [-0.2, -0.15) is 0 Å². The molecule has 0 aromatic heterocycles. The first-order valence-corrected chi connectivity index (χ1v) is 33.4. The molecule has 0 aliphatic carbocycles. The molecule has 0 aromatic carbocycles. The van der Waals surface area contributed by atoms with Crippen molar-refractivity contribution in [2.75, 3.05) is 13.2 Å². The maximum absolute atomic E-state index is 12.9. The highest BCUT2D eigenvalue weighted by atomic mass is 16.6. The zero-order chi connectivity index (χ0) is 57.1. The van der Waals surface area contributed by atoms with E-state index in [-0.39, 0.29) is 31.1 Å². The molecule has 79 heavy (non-hydrogen) atoms. The largest absolute Gasteiger partial charge is 0.462 e. The van der Waals surface area contributed by atoms with Crippen LogP contribution in [0.5, 0.6) is 0 Å². The van der Waals surface area contributed by atoms with Crippen LogP contribution >= 0.6 is 0 Å². The zero-order valence-corrected chi connectivity index (χ0v) is 51.9. The maximum atomic E-state index is 12.9. The Hall–Kier alpha value is -3.93. The third kappa shape index (κ3) is 64.8. The summed E-state index contributed by atoms with van der Waals surface area (Å²) in [6, 6.07) is 0. The molecule has 0 bridgehead atoms. The second-order valence-corrected chi connectivity index (χ2v) is 22.0. The van der Waals surface area contributed by atoms with Gasteiger partial charge in [0.25, 0.3) is 0 Å². The van der Waals surface area contributed by atoms with E-state index in [0.29, 0.717) is 19.3 Å². The molecule has 0 rings (SSSR count). The van der Waals surface area contributed by atoms with E-state index in [4.69, 9.17) is 14.2 Å². The topological polar surface area (TPSA) is 78.9 Å². The van der Waals surface area contributed by atoms with Crippen molar-refractivity contribution in [3.05, 3.63) is 109 Å². The number of allylic oxidation sites excluding steroid dienone is 18. The SMILES string of the molecule is CC/C=C\C/C=C\C/C=C\CCCCCC(=O)OCC(COC(=O)CCCCCCCCCCCCCC/C=C\C/C=C\C/C=C\CCCCCCC)OC(=O)CCCCCCCC/C=C\C/C=C\C/C=C\CCCCCCC. The van der Waals surface area contributed by atoms with Crippen LogP contribution in [0, 0.1) is 0 Å². The summed E-state index contributed by atoms with van der Waals surface area (Å²) in [5.41, 5.74) is 0. The van der Waals surface area contributed by atoms with Crippen LogP contribution < -0.4 is 0 Å². The third-order valence-electron chi connectivity index (χ3n) is 14.2. The molecule has 0 aliphatic heterocycles. The van der Waals surface area contributed by atoms with Crippen LogP contribution in [0.3, 0.4) is 0 Å². The van der Waals surface area contributed by atoms with Gasteiger partial charge in [0.1, 0.15) is 13.2 Å². The molecule has 0 saturated heterocycles. The number of carbonyl (C=O) groups is 3. The number of ether oxygens (including phenoxy) is 3. The highest BCUT2D eigenvalue weighted by molar-refractivity contribution is 5.71. The molecule has 1 unspecified atom stereocenters. The molecule has 452 valence electrons. The summed E-state index contributed by atoms with van der Waals surface area (Å²) >= 11 is 0. The molecule has 0 spiro atoms. The fourth-order valence-electron chi connectivity index (χ4n) is 9.24. The van der Waals surface area contributed by atoms with Crippen molar-refractivity contribution in [2.45, 2.75) is 322 Å². The second-order valence-electron chi connectivity index (χ2n) is 22.0. The lowest BCUT2D eigenvalue weighted by Crippen LogP contribution is -2.30. The first-order chi connectivity index (χ1) is 39.0. The van der Waals surface area contributed by atoms with Crippen molar-refractivity contribution in [1.82, 2.24) is 0 Å². The molecule has 0 N–H and O–H groups in total. The molecule has 6 nitrogen and oxygen atoms in total. The molecule has 0 heterocycles. The second kappa shape index (κ2) is 66.6. The molecule has 6 heteroatoms. The molecule has 0 radical (unpaired) electrons. The van der Waals surface area contributed by atoms with Gasteiger partial charge in [-0.05, 0) is 128 Å². The highest BCUT2D eigenvalue weighted by Crippen LogP contribution is 2.16. The first kappa shape index (κ1) is 75.1. The number of hydrogen-bond acceptors (Lipinski definition) is 6. The van der Waals surface area contributed by atoms with Crippen LogP contribution in [-0.4, -0.2) is 37.2 Å². The zero-order valence-electron chi connectivity index (χ0n) is 51.9. The van der Waals surface area contributed by atoms with E-state index in [2.05, 4.69) is 130 Å². The minimum atomic E-state index is -0.801. The molecule has 0 aromatic rings. The fraction of sp³-hybridized carbons (Fsp3) is 0.712. The van der Waals surface area contributed by atoms with Crippen LogP contribution in [0.4, 0.5) is 0 Å². The number of rotatable bonds is 60.